The first-order valence-corrected chi connectivity index (χ1v) is 9.92. The Balaban J connectivity index is 2.34. The summed E-state index contributed by atoms with van der Waals surface area (Å²) in [5.74, 6) is 1.53. The summed E-state index contributed by atoms with van der Waals surface area (Å²) in [7, 11) is 3.17. The number of carbonyl (C=O) groups is 2. The molecular weight excluding hydrogens is 352 g/mol. The lowest BCUT2D eigenvalue weighted by Gasteiger charge is -2.30. The van der Waals surface area contributed by atoms with Crippen LogP contribution in [0.5, 0.6) is 11.5 Å². The van der Waals surface area contributed by atoms with E-state index in [2.05, 4.69) is 5.32 Å². The molecule has 0 aliphatic carbocycles. The number of thioether (sulfide) groups is 1. The van der Waals surface area contributed by atoms with Crippen LogP contribution >= 0.6 is 11.8 Å². The van der Waals surface area contributed by atoms with Gasteiger partial charge >= 0.3 is 0 Å². The average Bonchev–Trinajstić information content (AvgIpc) is 3.09. The zero-order valence-corrected chi connectivity index (χ0v) is 16.9. The summed E-state index contributed by atoms with van der Waals surface area (Å²) in [6.07, 6.45) is 0.864. The van der Waals surface area contributed by atoms with Gasteiger partial charge in [-0.1, -0.05) is 26.8 Å². The standard InChI is InChI=1S/C19H28N2O4S/c1-6-9-20-17(22)14-11-26-19(21(14)18(23)12(2)3)13-7-8-15(24-4)16(10-13)25-5/h7-8,10,12,14,19H,6,9,11H2,1-5H3,(H,20,22). The number of nitrogens with one attached hydrogen (secondary N) is 1. The highest BCUT2D eigenvalue weighted by molar-refractivity contribution is 7.99. The molecule has 0 spiro atoms. The van der Waals surface area contributed by atoms with E-state index in [0.29, 0.717) is 23.8 Å². The van der Waals surface area contributed by atoms with Crippen LogP contribution in [-0.4, -0.2) is 49.3 Å². The fraction of sp³-hybridized carbons (Fsp3) is 0.579. The summed E-state index contributed by atoms with van der Waals surface area (Å²) in [4.78, 5) is 27.2. The number of nitrogens with zero attached hydrogens (tertiary/aromatic N) is 1. The molecule has 1 saturated heterocycles. The lowest BCUT2D eigenvalue weighted by Crippen LogP contribution is -2.49. The van der Waals surface area contributed by atoms with Crippen LogP contribution in [0.15, 0.2) is 18.2 Å². The largest absolute Gasteiger partial charge is 0.493 e. The van der Waals surface area contributed by atoms with E-state index >= 15 is 0 Å². The van der Waals surface area contributed by atoms with E-state index < -0.39 is 6.04 Å². The van der Waals surface area contributed by atoms with E-state index in [1.165, 1.54) is 0 Å². The van der Waals surface area contributed by atoms with Crippen molar-refractivity contribution in [2.45, 2.75) is 38.6 Å². The van der Waals surface area contributed by atoms with Gasteiger partial charge in [0.25, 0.3) is 0 Å². The predicted molar refractivity (Wildman–Crippen MR) is 104 cm³/mol. The molecule has 0 saturated carbocycles. The number of benzene rings is 1. The molecule has 1 aromatic rings. The third-order valence-corrected chi connectivity index (χ3v) is 5.62. The molecule has 2 amide bonds. The molecule has 2 rings (SSSR count). The monoisotopic (exact) mass is 380 g/mol. The normalized spacial score (nSPS) is 19.5. The predicted octanol–water partition coefficient (Wildman–Crippen LogP) is 2.83. The van der Waals surface area contributed by atoms with Crippen LogP contribution < -0.4 is 14.8 Å². The van der Waals surface area contributed by atoms with Crippen LogP contribution in [0.4, 0.5) is 0 Å². The fourth-order valence-electron chi connectivity index (χ4n) is 2.90. The lowest BCUT2D eigenvalue weighted by molar-refractivity contribution is -0.142. The maximum atomic E-state index is 12.9. The van der Waals surface area contributed by atoms with E-state index in [9.17, 15) is 9.59 Å². The first kappa shape index (κ1) is 20.4. The highest BCUT2D eigenvalue weighted by Gasteiger charge is 2.42. The van der Waals surface area contributed by atoms with Crippen LogP contribution in [0.25, 0.3) is 0 Å². The van der Waals surface area contributed by atoms with Crippen molar-refractivity contribution in [2.75, 3.05) is 26.5 Å². The van der Waals surface area contributed by atoms with Crippen molar-refractivity contribution in [1.29, 1.82) is 0 Å². The van der Waals surface area contributed by atoms with Crippen LogP contribution in [0.1, 0.15) is 38.1 Å². The molecule has 144 valence electrons. The van der Waals surface area contributed by atoms with Crippen LogP contribution in [0, 0.1) is 5.92 Å². The highest BCUT2D eigenvalue weighted by Crippen LogP contribution is 2.44. The van der Waals surface area contributed by atoms with Gasteiger partial charge in [0.05, 0.1) is 14.2 Å². The molecule has 1 N–H and O–H groups in total. The van der Waals surface area contributed by atoms with Gasteiger partial charge in [0.15, 0.2) is 11.5 Å². The summed E-state index contributed by atoms with van der Waals surface area (Å²) in [6.45, 7) is 6.34. The Morgan fingerprint density at radius 3 is 2.54 bits per heavy atom. The topological polar surface area (TPSA) is 67.9 Å². The second kappa shape index (κ2) is 9.16. The van der Waals surface area contributed by atoms with Gasteiger partial charge in [0.2, 0.25) is 11.8 Å². The SMILES string of the molecule is CCCNC(=O)C1CSC(c2ccc(OC)c(OC)c2)N1C(=O)C(C)C. The van der Waals surface area contributed by atoms with Gasteiger partial charge in [0.1, 0.15) is 11.4 Å². The Morgan fingerprint density at radius 1 is 1.27 bits per heavy atom. The molecule has 7 heteroatoms. The van der Waals surface area contributed by atoms with Crippen LogP contribution in [0.3, 0.4) is 0 Å². The second-order valence-electron chi connectivity index (χ2n) is 6.51. The summed E-state index contributed by atoms with van der Waals surface area (Å²) in [5, 5.41) is 2.70. The number of rotatable bonds is 7. The van der Waals surface area contributed by atoms with Gasteiger partial charge in [-0.05, 0) is 24.1 Å². The van der Waals surface area contributed by atoms with Crippen molar-refractivity contribution >= 4 is 23.6 Å². The quantitative estimate of drug-likeness (QED) is 0.788. The van der Waals surface area contributed by atoms with Crippen molar-refractivity contribution in [1.82, 2.24) is 10.2 Å². The molecule has 26 heavy (non-hydrogen) atoms. The smallest absolute Gasteiger partial charge is 0.243 e. The summed E-state index contributed by atoms with van der Waals surface area (Å²) >= 11 is 1.60. The van der Waals surface area contributed by atoms with E-state index in [0.717, 1.165) is 12.0 Å². The van der Waals surface area contributed by atoms with E-state index in [1.54, 1.807) is 30.9 Å². The number of ether oxygens (including phenoxy) is 2. The van der Waals surface area contributed by atoms with Crippen molar-refractivity contribution in [3.05, 3.63) is 23.8 Å². The maximum absolute atomic E-state index is 12.9. The summed E-state index contributed by atoms with van der Waals surface area (Å²) in [5.41, 5.74) is 0.924. The Labute approximate surface area is 159 Å². The Hall–Kier alpha value is -1.89. The Morgan fingerprint density at radius 2 is 1.96 bits per heavy atom. The van der Waals surface area contributed by atoms with E-state index in [4.69, 9.17) is 9.47 Å². The van der Waals surface area contributed by atoms with Gasteiger partial charge < -0.3 is 19.7 Å². The molecule has 1 fully saturated rings. The molecule has 6 nitrogen and oxygen atoms in total. The van der Waals surface area contributed by atoms with Crippen LogP contribution in [-0.2, 0) is 9.59 Å². The molecule has 1 aliphatic rings. The minimum Gasteiger partial charge on any atom is -0.493 e. The van der Waals surface area contributed by atoms with Crippen LogP contribution in [0.2, 0.25) is 0 Å². The lowest BCUT2D eigenvalue weighted by atomic mass is 10.1. The Bertz CT molecular complexity index is 650. The van der Waals surface area contributed by atoms with Gasteiger partial charge in [-0.3, -0.25) is 9.59 Å². The zero-order valence-electron chi connectivity index (χ0n) is 16.1. The summed E-state index contributed by atoms with van der Waals surface area (Å²) < 4.78 is 10.7. The van der Waals surface area contributed by atoms with Gasteiger partial charge in [0, 0.05) is 18.2 Å². The molecule has 2 atom stereocenters. The molecule has 2 unspecified atom stereocenters. The van der Waals surface area contributed by atoms with Crippen molar-refractivity contribution in [3.63, 3.8) is 0 Å². The van der Waals surface area contributed by atoms with Crippen molar-refractivity contribution in [2.24, 2.45) is 5.92 Å². The van der Waals surface area contributed by atoms with E-state index in [1.807, 2.05) is 39.0 Å². The zero-order chi connectivity index (χ0) is 19.3. The average molecular weight is 381 g/mol. The summed E-state index contributed by atoms with van der Waals surface area (Å²) in [6, 6.07) is 5.17. The second-order valence-corrected chi connectivity index (χ2v) is 7.62. The number of hydrogen-bond donors (Lipinski definition) is 1. The third kappa shape index (κ3) is 4.26. The molecule has 0 radical (unpaired) electrons. The molecule has 0 bridgehead atoms. The number of hydrogen-bond acceptors (Lipinski definition) is 5. The molecule has 1 aliphatic heterocycles. The van der Waals surface area contributed by atoms with Gasteiger partial charge in [-0.2, -0.15) is 0 Å². The van der Waals surface area contributed by atoms with Crippen molar-refractivity contribution < 1.29 is 19.1 Å². The fourth-order valence-corrected chi connectivity index (χ4v) is 4.33. The molecule has 0 aromatic heterocycles. The maximum Gasteiger partial charge on any atom is 0.243 e. The van der Waals surface area contributed by atoms with Gasteiger partial charge in [-0.15, -0.1) is 11.8 Å². The van der Waals surface area contributed by atoms with Gasteiger partial charge in [-0.25, -0.2) is 0 Å². The number of amides is 2. The van der Waals surface area contributed by atoms with E-state index in [-0.39, 0.29) is 23.1 Å². The molecule has 1 heterocycles. The minimum absolute atomic E-state index is 0.0218. The number of methoxy groups -OCH3 is 2. The minimum atomic E-state index is -0.459. The highest BCUT2D eigenvalue weighted by atomic mass is 32.2. The van der Waals surface area contributed by atoms with Crippen molar-refractivity contribution in [3.8, 4) is 11.5 Å². The third-order valence-electron chi connectivity index (χ3n) is 4.29. The number of carbonyl (C=O) groups excluding carboxylic acids is 2. The molecule has 1 aromatic carbocycles. The Kier molecular flexibility index (Phi) is 7.20. The first-order chi connectivity index (χ1) is 12.4. The first-order valence-electron chi connectivity index (χ1n) is 8.88. The molecular formula is C19H28N2O4S.